The quantitative estimate of drug-likeness (QED) is 0.715. The Kier molecular flexibility index (Phi) is 5.46. The summed E-state index contributed by atoms with van der Waals surface area (Å²) in [6.45, 7) is 2.15. The fourth-order valence-corrected chi connectivity index (χ4v) is 3.13. The average Bonchev–Trinajstić information content (AvgIpc) is 2.98. The molecule has 2 aromatic carbocycles. The van der Waals surface area contributed by atoms with Crippen LogP contribution in [0.3, 0.4) is 0 Å². The van der Waals surface area contributed by atoms with Crippen molar-refractivity contribution in [2.45, 2.75) is 13.0 Å². The van der Waals surface area contributed by atoms with Crippen LogP contribution in [0.15, 0.2) is 46.9 Å². The predicted octanol–water partition coefficient (Wildman–Crippen LogP) is 3.92. The lowest BCUT2D eigenvalue weighted by Gasteiger charge is -2.25. The second-order valence-electron chi connectivity index (χ2n) is 6.66. The molecule has 3 aromatic rings. The molecular formula is C21H23FN2O3. The van der Waals surface area contributed by atoms with Crippen molar-refractivity contribution < 1.29 is 18.3 Å². The standard InChI is InChI=1S/C21H23FN2O3/c1-13-17-11-15(22)8-9-19(17)27-20(13)21(25)23-12-18(24(2)3)14-6-5-7-16(10-14)26-4/h5-11,18H,12H2,1-4H3,(H,23,25). The second-order valence-corrected chi connectivity index (χ2v) is 6.66. The number of methoxy groups -OCH3 is 1. The molecule has 1 amide bonds. The number of fused-ring (bicyclic) bond motifs is 1. The Balaban J connectivity index is 1.79. The second kappa shape index (κ2) is 7.80. The van der Waals surface area contributed by atoms with Gasteiger partial charge in [0.2, 0.25) is 0 Å². The first-order valence-electron chi connectivity index (χ1n) is 8.68. The van der Waals surface area contributed by atoms with E-state index < -0.39 is 0 Å². The van der Waals surface area contributed by atoms with E-state index in [1.165, 1.54) is 18.2 Å². The van der Waals surface area contributed by atoms with Gasteiger partial charge in [-0.05, 0) is 56.9 Å². The van der Waals surface area contributed by atoms with Crippen LogP contribution in [0.1, 0.15) is 27.7 Å². The lowest BCUT2D eigenvalue weighted by Crippen LogP contribution is -2.34. The van der Waals surface area contributed by atoms with Gasteiger partial charge in [-0.25, -0.2) is 4.39 Å². The molecular weight excluding hydrogens is 347 g/mol. The molecule has 1 N–H and O–H groups in total. The van der Waals surface area contributed by atoms with Gasteiger partial charge < -0.3 is 19.4 Å². The maximum absolute atomic E-state index is 13.5. The normalized spacial score (nSPS) is 12.4. The van der Waals surface area contributed by atoms with Crippen LogP contribution in [-0.2, 0) is 0 Å². The Labute approximate surface area is 157 Å². The first kappa shape index (κ1) is 18.9. The molecule has 0 bridgehead atoms. The number of rotatable bonds is 6. The third-order valence-corrected chi connectivity index (χ3v) is 4.66. The summed E-state index contributed by atoms with van der Waals surface area (Å²) < 4.78 is 24.4. The molecule has 1 aromatic heterocycles. The van der Waals surface area contributed by atoms with Crippen LogP contribution in [0.5, 0.6) is 5.75 Å². The molecule has 1 unspecified atom stereocenters. The Morgan fingerprint density at radius 2 is 2.04 bits per heavy atom. The smallest absolute Gasteiger partial charge is 0.287 e. The third-order valence-electron chi connectivity index (χ3n) is 4.66. The van der Waals surface area contributed by atoms with Crippen LogP contribution >= 0.6 is 0 Å². The fraction of sp³-hybridized carbons (Fsp3) is 0.286. The number of benzene rings is 2. The van der Waals surface area contributed by atoms with E-state index in [0.29, 0.717) is 23.1 Å². The number of aryl methyl sites for hydroxylation is 1. The molecule has 3 rings (SSSR count). The summed E-state index contributed by atoms with van der Waals surface area (Å²) in [6.07, 6.45) is 0. The molecule has 0 aliphatic carbocycles. The molecule has 27 heavy (non-hydrogen) atoms. The third kappa shape index (κ3) is 3.95. The van der Waals surface area contributed by atoms with Crippen LogP contribution in [0.2, 0.25) is 0 Å². The average molecular weight is 370 g/mol. The highest BCUT2D eigenvalue weighted by Crippen LogP contribution is 2.26. The summed E-state index contributed by atoms with van der Waals surface area (Å²) in [6, 6.07) is 11.9. The highest BCUT2D eigenvalue weighted by molar-refractivity contribution is 5.98. The van der Waals surface area contributed by atoms with Crippen molar-refractivity contribution in [3.63, 3.8) is 0 Å². The minimum atomic E-state index is -0.357. The Hall–Kier alpha value is -2.86. The number of nitrogens with zero attached hydrogens (tertiary/aromatic N) is 1. The molecule has 0 radical (unpaired) electrons. The zero-order valence-electron chi connectivity index (χ0n) is 15.9. The number of carbonyl (C=O) groups excluding carboxylic acids is 1. The van der Waals surface area contributed by atoms with Gasteiger partial charge in [0.05, 0.1) is 13.2 Å². The largest absolute Gasteiger partial charge is 0.497 e. The van der Waals surface area contributed by atoms with E-state index in [0.717, 1.165) is 11.3 Å². The Morgan fingerprint density at radius 3 is 2.74 bits per heavy atom. The molecule has 0 saturated carbocycles. The Bertz CT molecular complexity index is 965. The van der Waals surface area contributed by atoms with E-state index in [2.05, 4.69) is 5.32 Å². The summed E-state index contributed by atoms with van der Waals surface area (Å²) in [5.41, 5.74) is 2.16. The van der Waals surface area contributed by atoms with E-state index in [9.17, 15) is 9.18 Å². The van der Waals surface area contributed by atoms with Crippen LogP contribution < -0.4 is 10.1 Å². The zero-order valence-corrected chi connectivity index (χ0v) is 15.9. The van der Waals surface area contributed by atoms with E-state index in [-0.39, 0.29) is 23.5 Å². The van der Waals surface area contributed by atoms with Crippen molar-refractivity contribution in [1.82, 2.24) is 10.2 Å². The first-order chi connectivity index (χ1) is 12.9. The number of amides is 1. The maximum Gasteiger partial charge on any atom is 0.287 e. The van der Waals surface area contributed by atoms with Gasteiger partial charge >= 0.3 is 0 Å². The molecule has 0 fully saturated rings. The molecule has 6 heteroatoms. The zero-order chi connectivity index (χ0) is 19.6. The molecule has 0 aliphatic heterocycles. The minimum Gasteiger partial charge on any atom is -0.497 e. The van der Waals surface area contributed by atoms with Crippen molar-refractivity contribution >= 4 is 16.9 Å². The van der Waals surface area contributed by atoms with Crippen molar-refractivity contribution in [1.29, 1.82) is 0 Å². The van der Waals surface area contributed by atoms with Crippen LogP contribution in [0, 0.1) is 12.7 Å². The van der Waals surface area contributed by atoms with Crippen LogP contribution in [0.25, 0.3) is 11.0 Å². The van der Waals surface area contributed by atoms with Gasteiger partial charge in [0, 0.05) is 17.5 Å². The van der Waals surface area contributed by atoms with Crippen molar-refractivity contribution in [3.8, 4) is 5.75 Å². The highest BCUT2D eigenvalue weighted by Gasteiger charge is 2.21. The fourth-order valence-electron chi connectivity index (χ4n) is 3.13. The molecule has 1 heterocycles. The summed E-state index contributed by atoms with van der Waals surface area (Å²) in [5, 5.41) is 3.53. The van der Waals surface area contributed by atoms with Gasteiger partial charge in [-0.15, -0.1) is 0 Å². The number of hydrogen-bond acceptors (Lipinski definition) is 4. The molecule has 142 valence electrons. The number of halogens is 1. The molecule has 1 atom stereocenters. The molecule has 5 nitrogen and oxygen atoms in total. The van der Waals surface area contributed by atoms with Gasteiger partial charge in [-0.2, -0.15) is 0 Å². The predicted molar refractivity (Wildman–Crippen MR) is 103 cm³/mol. The molecule has 0 saturated heterocycles. The molecule has 0 spiro atoms. The number of carbonyl (C=O) groups is 1. The highest BCUT2D eigenvalue weighted by atomic mass is 19.1. The number of nitrogens with one attached hydrogen (secondary N) is 1. The van der Waals surface area contributed by atoms with Gasteiger partial charge in [-0.1, -0.05) is 12.1 Å². The summed E-state index contributed by atoms with van der Waals surface area (Å²) >= 11 is 0. The van der Waals surface area contributed by atoms with Crippen LogP contribution in [0.4, 0.5) is 4.39 Å². The monoisotopic (exact) mass is 370 g/mol. The first-order valence-corrected chi connectivity index (χ1v) is 8.68. The van der Waals surface area contributed by atoms with Crippen LogP contribution in [-0.4, -0.2) is 38.6 Å². The summed E-state index contributed by atoms with van der Waals surface area (Å²) in [7, 11) is 5.52. The lowest BCUT2D eigenvalue weighted by molar-refractivity contribution is 0.0915. The van der Waals surface area contributed by atoms with Crippen molar-refractivity contribution in [2.75, 3.05) is 27.7 Å². The number of likely N-dealkylation sites (N-methyl/N-ethyl adjacent to an activating group) is 1. The van der Waals surface area contributed by atoms with E-state index in [4.69, 9.17) is 9.15 Å². The molecule has 0 aliphatic rings. The number of hydrogen-bond donors (Lipinski definition) is 1. The topological polar surface area (TPSA) is 54.7 Å². The lowest BCUT2D eigenvalue weighted by atomic mass is 10.1. The van der Waals surface area contributed by atoms with Gasteiger partial charge in [-0.3, -0.25) is 4.79 Å². The summed E-state index contributed by atoms with van der Waals surface area (Å²) in [4.78, 5) is 14.7. The van der Waals surface area contributed by atoms with Crippen molar-refractivity contribution in [2.24, 2.45) is 0 Å². The Morgan fingerprint density at radius 1 is 1.26 bits per heavy atom. The van der Waals surface area contributed by atoms with E-state index in [1.54, 1.807) is 14.0 Å². The van der Waals surface area contributed by atoms with E-state index in [1.807, 2.05) is 43.3 Å². The number of furan rings is 1. The SMILES string of the molecule is COc1cccc(C(CNC(=O)c2oc3ccc(F)cc3c2C)N(C)C)c1. The summed E-state index contributed by atoms with van der Waals surface area (Å²) in [5.74, 6) is 0.294. The maximum atomic E-state index is 13.5. The number of ether oxygens (including phenoxy) is 1. The van der Waals surface area contributed by atoms with E-state index >= 15 is 0 Å². The van der Waals surface area contributed by atoms with Crippen molar-refractivity contribution in [3.05, 3.63) is 65.2 Å². The van der Waals surface area contributed by atoms with Gasteiger partial charge in [0.15, 0.2) is 5.76 Å². The van der Waals surface area contributed by atoms with Gasteiger partial charge in [0.25, 0.3) is 5.91 Å². The minimum absolute atomic E-state index is 0.0359. The van der Waals surface area contributed by atoms with Gasteiger partial charge in [0.1, 0.15) is 17.1 Å².